The van der Waals surface area contributed by atoms with Crippen molar-refractivity contribution in [2.45, 2.75) is 84.0 Å². The van der Waals surface area contributed by atoms with E-state index in [1.807, 2.05) is 6.92 Å². The highest BCUT2D eigenvalue weighted by atomic mass is 19.3. The van der Waals surface area contributed by atoms with E-state index >= 15 is 0 Å². The van der Waals surface area contributed by atoms with Crippen molar-refractivity contribution < 1.29 is 17.6 Å². The van der Waals surface area contributed by atoms with Crippen LogP contribution in [0.1, 0.15) is 71.6 Å². The normalized spacial score (nSPS) is 13.5. The van der Waals surface area contributed by atoms with Gasteiger partial charge in [-0.3, -0.25) is 0 Å². The Bertz CT molecular complexity index is 319. The largest absolute Gasteiger partial charge is 0.307 e. The van der Waals surface area contributed by atoms with Crippen LogP contribution in [0.5, 0.6) is 0 Å². The van der Waals surface area contributed by atoms with E-state index in [0.29, 0.717) is 12.8 Å². The van der Waals surface area contributed by atoms with Gasteiger partial charge in [-0.15, -0.1) is 0 Å². The molecule has 0 aliphatic carbocycles. The lowest BCUT2D eigenvalue weighted by Crippen LogP contribution is -2.26. The van der Waals surface area contributed by atoms with Crippen LogP contribution in [0.15, 0.2) is 23.8 Å². The van der Waals surface area contributed by atoms with E-state index in [2.05, 4.69) is 13.5 Å². The van der Waals surface area contributed by atoms with Crippen molar-refractivity contribution in [3.05, 3.63) is 23.8 Å². The van der Waals surface area contributed by atoms with Crippen LogP contribution in [0, 0.1) is 0 Å². The summed E-state index contributed by atoms with van der Waals surface area (Å²) < 4.78 is 50.6. The SMILES string of the molecule is C=C/C(CC)=C(/CCCCCCC)CCC(F)(F)C(F)F. The highest BCUT2D eigenvalue weighted by molar-refractivity contribution is 5.24. The molecule has 0 spiro atoms. The van der Waals surface area contributed by atoms with E-state index in [9.17, 15) is 17.6 Å². The molecule has 0 atom stereocenters. The molecule has 0 saturated carbocycles. The van der Waals surface area contributed by atoms with Gasteiger partial charge in [-0.2, -0.15) is 0 Å². The lowest BCUT2D eigenvalue weighted by atomic mass is 9.94. The summed E-state index contributed by atoms with van der Waals surface area (Å²) in [5.74, 6) is -3.90. The number of rotatable bonds is 12. The van der Waals surface area contributed by atoms with E-state index in [1.54, 1.807) is 6.08 Å². The van der Waals surface area contributed by atoms with Crippen LogP contribution in [-0.2, 0) is 0 Å². The van der Waals surface area contributed by atoms with Gasteiger partial charge in [0, 0.05) is 6.42 Å². The van der Waals surface area contributed by atoms with Crippen molar-refractivity contribution >= 4 is 0 Å². The summed E-state index contributed by atoms with van der Waals surface area (Å²) in [4.78, 5) is 0. The predicted octanol–water partition coefficient (Wildman–Crippen LogP) is 6.92. The van der Waals surface area contributed by atoms with E-state index < -0.39 is 18.8 Å². The predicted molar refractivity (Wildman–Crippen MR) is 81.1 cm³/mol. The Morgan fingerprint density at radius 3 is 2.14 bits per heavy atom. The molecule has 0 aromatic heterocycles. The fourth-order valence-corrected chi connectivity index (χ4v) is 2.35. The number of allylic oxidation sites excluding steroid dienone is 3. The molecular formula is C17H28F4. The molecule has 124 valence electrons. The zero-order chi connectivity index (χ0) is 16.3. The molecule has 0 aromatic rings. The fraction of sp³-hybridized carbons (Fsp3) is 0.765. The molecule has 0 nitrogen and oxygen atoms in total. The van der Waals surface area contributed by atoms with Gasteiger partial charge in [0.15, 0.2) is 0 Å². The van der Waals surface area contributed by atoms with Gasteiger partial charge in [0.25, 0.3) is 0 Å². The average molecular weight is 308 g/mol. The minimum atomic E-state index is -3.90. The van der Waals surface area contributed by atoms with Crippen molar-refractivity contribution in [2.75, 3.05) is 0 Å². The summed E-state index contributed by atoms with van der Waals surface area (Å²) in [5.41, 5.74) is 1.79. The third-order valence-corrected chi connectivity index (χ3v) is 3.74. The molecule has 0 aromatic carbocycles. The van der Waals surface area contributed by atoms with Crippen LogP contribution < -0.4 is 0 Å². The standard InChI is InChI=1S/C17H28F4/c1-4-7-8-9-10-11-15(14(5-2)6-3)12-13-17(20,21)16(18)19/h5,16H,2,4,6-13H2,1,3H3/b15-14+. The molecule has 21 heavy (non-hydrogen) atoms. The van der Waals surface area contributed by atoms with Gasteiger partial charge < -0.3 is 0 Å². The third kappa shape index (κ3) is 8.27. The van der Waals surface area contributed by atoms with Gasteiger partial charge in [0.1, 0.15) is 0 Å². The van der Waals surface area contributed by atoms with Crippen LogP contribution >= 0.6 is 0 Å². The summed E-state index contributed by atoms with van der Waals surface area (Å²) in [5, 5.41) is 0. The topological polar surface area (TPSA) is 0 Å². The molecule has 0 N–H and O–H groups in total. The summed E-state index contributed by atoms with van der Waals surface area (Å²) in [7, 11) is 0. The van der Waals surface area contributed by atoms with E-state index in [0.717, 1.165) is 36.8 Å². The molecule has 0 unspecified atom stereocenters. The van der Waals surface area contributed by atoms with E-state index in [-0.39, 0.29) is 6.42 Å². The lowest BCUT2D eigenvalue weighted by Gasteiger charge is -2.18. The van der Waals surface area contributed by atoms with Gasteiger partial charge in [0.05, 0.1) is 0 Å². The molecule has 0 bridgehead atoms. The Morgan fingerprint density at radius 1 is 1.05 bits per heavy atom. The Kier molecular flexibility index (Phi) is 10.4. The molecule has 0 amide bonds. The first-order valence-corrected chi connectivity index (χ1v) is 7.88. The van der Waals surface area contributed by atoms with Crippen molar-refractivity contribution in [1.29, 1.82) is 0 Å². The average Bonchev–Trinajstić information content (AvgIpc) is 2.44. The summed E-state index contributed by atoms with van der Waals surface area (Å²) in [6.45, 7) is 7.76. The highest BCUT2D eigenvalue weighted by Gasteiger charge is 2.40. The van der Waals surface area contributed by atoms with Crippen molar-refractivity contribution in [3.63, 3.8) is 0 Å². The van der Waals surface area contributed by atoms with Crippen molar-refractivity contribution in [2.24, 2.45) is 0 Å². The second kappa shape index (κ2) is 10.9. The maximum atomic E-state index is 13.1. The number of hydrogen-bond donors (Lipinski definition) is 0. The number of halogens is 4. The van der Waals surface area contributed by atoms with E-state index in [1.165, 1.54) is 6.42 Å². The smallest absolute Gasteiger partial charge is 0.204 e. The van der Waals surface area contributed by atoms with Crippen LogP contribution in [0.2, 0.25) is 0 Å². The van der Waals surface area contributed by atoms with Crippen molar-refractivity contribution in [1.82, 2.24) is 0 Å². The van der Waals surface area contributed by atoms with Crippen LogP contribution in [0.25, 0.3) is 0 Å². The van der Waals surface area contributed by atoms with Gasteiger partial charge >= 0.3 is 12.3 Å². The minimum Gasteiger partial charge on any atom is -0.204 e. The zero-order valence-electron chi connectivity index (χ0n) is 13.2. The molecule has 4 heteroatoms. The second-order valence-corrected chi connectivity index (χ2v) is 5.41. The van der Waals surface area contributed by atoms with Crippen LogP contribution in [0.3, 0.4) is 0 Å². The summed E-state index contributed by atoms with van der Waals surface area (Å²) in [6.07, 6.45) is 4.16. The molecule has 0 aliphatic heterocycles. The molecule has 0 radical (unpaired) electrons. The Labute approximate surface area is 126 Å². The van der Waals surface area contributed by atoms with Crippen LogP contribution in [-0.4, -0.2) is 12.3 Å². The molecule has 0 saturated heterocycles. The molecule has 0 heterocycles. The van der Waals surface area contributed by atoms with Crippen molar-refractivity contribution in [3.8, 4) is 0 Å². The van der Waals surface area contributed by atoms with E-state index in [4.69, 9.17) is 0 Å². The Balaban J connectivity index is 4.56. The Morgan fingerprint density at radius 2 is 1.67 bits per heavy atom. The van der Waals surface area contributed by atoms with Gasteiger partial charge in [-0.1, -0.05) is 57.8 Å². The number of alkyl halides is 4. The number of unbranched alkanes of at least 4 members (excludes halogenated alkanes) is 4. The minimum absolute atomic E-state index is 0.0281. The molecule has 0 rings (SSSR count). The number of hydrogen-bond acceptors (Lipinski definition) is 0. The van der Waals surface area contributed by atoms with Gasteiger partial charge in [0.2, 0.25) is 0 Å². The lowest BCUT2D eigenvalue weighted by molar-refractivity contribution is -0.132. The highest BCUT2D eigenvalue weighted by Crippen LogP contribution is 2.32. The second-order valence-electron chi connectivity index (χ2n) is 5.41. The summed E-state index contributed by atoms with van der Waals surface area (Å²) >= 11 is 0. The van der Waals surface area contributed by atoms with Gasteiger partial charge in [-0.05, 0) is 31.3 Å². The fourth-order valence-electron chi connectivity index (χ4n) is 2.35. The first-order chi connectivity index (χ1) is 9.88. The maximum absolute atomic E-state index is 13.1. The monoisotopic (exact) mass is 308 g/mol. The quantitative estimate of drug-likeness (QED) is 0.208. The first kappa shape index (κ1) is 20.2. The molecular weight excluding hydrogens is 280 g/mol. The first-order valence-electron chi connectivity index (χ1n) is 7.88. The maximum Gasteiger partial charge on any atom is 0.307 e. The third-order valence-electron chi connectivity index (χ3n) is 3.74. The van der Waals surface area contributed by atoms with Crippen LogP contribution in [0.4, 0.5) is 17.6 Å². The molecule has 0 aliphatic rings. The summed E-state index contributed by atoms with van der Waals surface area (Å²) in [6, 6.07) is 0. The molecule has 0 fully saturated rings. The zero-order valence-corrected chi connectivity index (χ0v) is 13.2. The van der Waals surface area contributed by atoms with Gasteiger partial charge in [-0.25, -0.2) is 17.6 Å². The Hall–Kier alpha value is -0.800.